The summed E-state index contributed by atoms with van der Waals surface area (Å²) < 4.78 is 41.2. The van der Waals surface area contributed by atoms with Crippen molar-refractivity contribution in [3.63, 3.8) is 0 Å². The highest BCUT2D eigenvalue weighted by Gasteiger charge is 2.33. The molecule has 0 spiro atoms. The standard InChI is InChI=1S/C22H25ClFNO4S.C2H6/c1-4-14(6-5-13(2)23)9-17-21-18(11-16(24)12-19(21)30(3,28)29)25-8-7-15(22(17)25)10-20(26)27;1-2/h4-6,11-13,15H,7-10H2,1-3H3,(H,26,27);1-2H3/b6-5-,14-4+;. The number of fused-ring (bicyclic) bond motifs is 3. The Morgan fingerprint density at radius 2 is 2.03 bits per heavy atom. The molecule has 2 atom stereocenters. The van der Waals surface area contributed by atoms with E-state index in [-0.39, 0.29) is 22.6 Å². The number of benzene rings is 1. The lowest BCUT2D eigenvalue weighted by Gasteiger charge is -2.12. The first kappa shape index (κ1) is 26.1. The van der Waals surface area contributed by atoms with E-state index in [9.17, 15) is 22.7 Å². The van der Waals surface area contributed by atoms with E-state index in [1.165, 1.54) is 6.07 Å². The summed E-state index contributed by atoms with van der Waals surface area (Å²) in [5, 5.41) is 9.68. The number of aryl methyl sites for hydroxylation is 1. The van der Waals surface area contributed by atoms with E-state index in [0.717, 1.165) is 29.2 Å². The minimum atomic E-state index is -3.70. The van der Waals surface area contributed by atoms with Gasteiger partial charge >= 0.3 is 5.97 Å². The van der Waals surface area contributed by atoms with E-state index in [4.69, 9.17) is 11.6 Å². The molecular formula is C24H31ClFNO4S. The molecular weight excluding hydrogens is 453 g/mol. The van der Waals surface area contributed by atoms with Crippen LogP contribution in [0.3, 0.4) is 0 Å². The maximum absolute atomic E-state index is 14.3. The first-order valence-electron chi connectivity index (χ1n) is 10.8. The highest BCUT2D eigenvalue weighted by Crippen LogP contribution is 2.43. The van der Waals surface area contributed by atoms with Crippen LogP contribution in [-0.4, -0.2) is 35.7 Å². The molecule has 0 fully saturated rings. The van der Waals surface area contributed by atoms with Crippen molar-refractivity contribution in [3.05, 3.63) is 53.0 Å². The second-order valence-electron chi connectivity index (χ2n) is 7.75. The minimum Gasteiger partial charge on any atom is -0.481 e. The number of carbonyl (C=O) groups is 1. The number of aliphatic carboxylic acids is 1. The summed E-state index contributed by atoms with van der Waals surface area (Å²) in [4.78, 5) is 11.4. The minimum absolute atomic E-state index is 0.0558. The summed E-state index contributed by atoms with van der Waals surface area (Å²) in [6.45, 7) is 8.24. The van der Waals surface area contributed by atoms with E-state index in [1.54, 1.807) is 0 Å². The molecule has 1 aliphatic rings. The van der Waals surface area contributed by atoms with Crippen molar-refractivity contribution in [1.29, 1.82) is 0 Å². The van der Waals surface area contributed by atoms with Crippen LogP contribution in [0.2, 0.25) is 0 Å². The molecule has 0 aliphatic carbocycles. The topological polar surface area (TPSA) is 76.4 Å². The summed E-state index contributed by atoms with van der Waals surface area (Å²) in [7, 11) is -3.70. The molecule has 1 N–H and O–H groups in total. The molecule has 0 amide bonds. The van der Waals surface area contributed by atoms with Crippen molar-refractivity contribution in [2.75, 3.05) is 6.26 Å². The van der Waals surface area contributed by atoms with Crippen molar-refractivity contribution in [3.8, 4) is 0 Å². The molecule has 32 heavy (non-hydrogen) atoms. The van der Waals surface area contributed by atoms with E-state index >= 15 is 0 Å². The lowest BCUT2D eigenvalue weighted by Crippen LogP contribution is -2.06. The third-order valence-electron chi connectivity index (χ3n) is 5.47. The molecule has 176 valence electrons. The van der Waals surface area contributed by atoms with Crippen LogP contribution >= 0.6 is 11.6 Å². The van der Waals surface area contributed by atoms with Crippen LogP contribution in [-0.2, 0) is 27.6 Å². The van der Waals surface area contributed by atoms with Gasteiger partial charge in [-0.25, -0.2) is 12.8 Å². The third kappa shape index (κ3) is 5.62. The van der Waals surface area contributed by atoms with Crippen LogP contribution in [0, 0.1) is 5.82 Å². The molecule has 3 rings (SSSR count). The van der Waals surface area contributed by atoms with Crippen molar-refractivity contribution in [2.24, 2.45) is 0 Å². The molecule has 0 bridgehead atoms. The molecule has 0 saturated heterocycles. The Kier molecular flexibility index (Phi) is 8.71. The first-order valence-corrected chi connectivity index (χ1v) is 13.1. The van der Waals surface area contributed by atoms with Gasteiger partial charge in [-0.2, -0.15) is 0 Å². The first-order chi connectivity index (χ1) is 15.0. The lowest BCUT2D eigenvalue weighted by molar-refractivity contribution is -0.137. The average molecular weight is 484 g/mol. The Bertz CT molecular complexity index is 1160. The van der Waals surface area contributed by atoms with Crippen LogP contribution in [0.5, 0.6) is 0 Å². The van der Waals surface area contributed by atoms with Crippen LogP contribution in [0.25, 0.3) is 10.9 Å². The van der Waals surface area contributed by atoms with E-state index in [2.05, 4.69) is 0 Å². The third-order valence-corrected chi connectivity index (χ3v) is 6.74. The van der Waals surface area contributed by atoms with E-state index < -0.39 is 21.6 Å². The number of rotatable bonds is 7. The summed E-state index contributed by atoms with van der Waals surface area (Å²) in [6, 6.07) is 2.39. The van der Waals surface area contributed by atoms with E-state index in [1.807, 2.05) is 50.5 Å². The van der Waals surface area contributed by atoms with Crippen LogP contribution < -0.4 is 0 Å². The van der Waals surface area contributed by atoms with Crippen LogP contribution in [0.1, 0.15) is 57.7 Å². The number of nitrogens with zero attached hydrogens (tertiary/aromatic N) is 1. The fourth-order valence-electron chi connectivity index (χ4n) is 4.23. The van der Waals surface area contributed by atoms with Gasteiger partial charge in [-0.1, -0.05) is 32.1 Å². The predicted octanol–water partition coefficient (Wildman–Crippen LogP) is 5.84. The van der Waals surface area contributed by atoms with Crippen LogP contribution in [0.4, 0.5) is 4.39 Å². The van der Waals surface area contributed by atoms with Crippen molar-refractivity contribution >= 4 is 38.3 Å². The van der Waals surface area contributed by atoms with Gasteiger partial charge in [0, 0.05) is 35.2 Å². The Balaban J connectivity index is 0.00000176. The van der Waals surface area contributed by atoms with Crippen LogP contribution in [0.15, 0.2) is 40.8 Å². The second kappa shape index (κ2) is 10.7. The Morgan fingerprint density at radius 1 is 1.38 bits per heavy atom. The maximum atomic E-state index is 14.3. The molecule has 1 aromatic carbocycles. The number of aromatic nitrogens is 1. The maximum Gasteiger partial charge on any atom is 0.304 e. The molecule has 1 aliphatic heterocycles. The number of hydrogen-bond acceptors (Lipinski definition) is 3. The highest BCUT2D eigenvalue weighted by molar-refractivity contribution is 7.91. The smallest absolute Gasteiger partial charge is 0.304 e. The monoisotopic (exact) mass is 483 g/mol. The molecule has 2 unspecified atom stereocenters. The summed E-state index contributed by atoms with van der Waals surface area (Å²) >= 11 is 6.03. The van der Waals surface area contributed by atoms with Crippen molar-refractivity contribution in [1.82, 2.24) is 4.57 Å². The van der Waals surface area contributed by atoms with Gasteiger partial charge in [0.05, 0.1) is 16.8 Å². The molecule has 5 nitrogen and oxygen atoms in total. The average Bonchev–Trinajstić information content (AvgIpc) is 3.24. The highest BCUT2D eigenvalue weighted by atomic mass is 35.5. The van der Waals surface area contributed by atoms with Gasteiger partial charge in [0.1, 0.15) is 5.82 Å². The molecule has 8 heteroatoms. The number of alkyl halides is 1. The van der Waals surface area contributed by atoms with Crippen molar-refractivity contribution in [2.45, 2.75) is 69.7 Å². The molecule has 1 aromatic heterocycles. The Labute approximate surface area is 194 Å². The van der Waals surface area contributed by atoms with Gasteiger partial charge in [-0.3, -0.25) is 4.79 Å². The number of allylic oxidation sites excluding steroid dienone is 4. The molecule has 2 heterocycles. The van der Waals surface area contributed by atoms with Gasteiger partial charge in [-0.05, 0) is 50.0 Å². The van der Waals surface area contributed by atoms with Gasteiger partial charge < -0.3 is 9.67 Å². The Morgan fingerprint density at radius 3 is 2.56 bits per heavy atom. The summed E-state index contributed by atoms with van der Waals surface area (Å²) in [5.41, 5.74) is 2.95. The molecule has 2 aromatic rings. The number of halogens is 2. The van der Waals surface area contributed by atoms with Gasteiger partial charge in [-0.15, -0.1) is 11.6 Å². The zero-order chi connectivity index (χ0) is 24.2. The van der Waals surface area contributed by atoms with E-state index in [0.29, 0.717) is 30.3 Å². The number of hydrogen-bond donors (Lipinski definition) is 1. The predicted molar refractivity (Wildman–Crippen MR) is 128 cm³/mol. The fraction of sp³-hybridized carbons (Fsp3) is 0.458. The summed E-state index contributed by atoms with van der Waals surface area (Å²) in [5.74, 6) is -1.80. The Hall–Kier alpha value is -2.12. The van der Waals surface area contributed by atoms with Crippen molar-refractivity contribution < 1.29 is 22.7 Å². The zero-order valence-corrected chi connectivity index (χ0v) is 20.7. The number of sulfone groups is 1. The number of carboxylic acid groups (broad SMARTS) is 1. The quantitative estimate of drug-likeness (QED) is 0.396. The zero-order valence-electron chi connectivity index (χ0n) is 19.2. The second-order valence-corrected chi connectivity index (χ2v) is 10.4. The van der Waals surface area contributed by atoms with Gasteiger partial charge in [0.25, 0.3) is 0 Å². The van der Waals surface area contributed by atoms with Gasteiger partial charge in [0.15, 0.2) is 9.84 Å². The largest absolute Gasteiger partial charge is 0.481 e. The fourth-order valence-corrected chi connectivity index (χ4v) is 5.23. The lowest BCUT2D eigenvalue weighted by atomic mass is 9.92. The number of carboxylic acids is 1. The summed E-state index contributed by atoms with van der Waals surface area (Å²) in [6.07, 6.45) is 7.67. The normalized spacial score (nSPS) is 17.3. The van der Waals surface area contributed by atoms with Gasteiger partial charge in [0.2, 0.25) is 0 Å². The SMILES string of the molecule is C/C=C(\C=C/C(C)Cl)Cc1c2n(c3cc(F)cc(S(C)(=O)=O)c13)CCC2CC(=O)O.CC. The molecule has 0 saturated carbocycles. The molecule has 0 radical (unpaired) electrons.